The third-order valence-electron chi connectivity index (χ3n) is 3.45. The van der Waals surface area contributed by atoms with Crippen LogP contribution in [0, 0.1) is 11.8 Å². The fourth-order valence-corrected chi connectivity index (χ4v) is 3.03. The minimum Gasteiger partial charge on any atom is -0.338 e. The largest absolute Gasteiger partial charge is 0.338 e. The molecule has 0 bridgehead atoms. The highest BCUT2D eigenvalue weighted by molar-refractivity contribution is 7.09. The molecule has 1 aromatic heterocycles. The van der Waals surface area contributed by atoms with E-state index in [-0.39, 0.29) is 5.92 Å². The number of nitrogens with one attached hydrogen (secondary N) is 1. The minimum atomic E-state index is 0.162. The quantitative estimate of drug-likeness (QED) is 0.888. The number of rotatable bonds is 4. The Hall–Kier alpha value is -0.870. The van der Waals surface area contributed by atoms with E-state index in [1.807, 2.05) is 11.0 Å². The lowest BCUT2D eigenvalue weighted by molar-refractivity contribution is -0.136. The first-order valence-electron chi connectivity index (χ1n) is 6.24. The second-order valence-electron chi connectivity index (χ2n) is 4.67. The molecule has 17 heavy (non-hydrogen) atoms. The van der Waals surface area contributed by atoms with Gasteiger partial charge in [0.1, 0.15) is 0 Å². The van der Waals surface area contributed by atoms with Crippen LogP contribution in [0.1, 0.15) is 18.7 Å². The Labute approximate surface area is 107 Å². The van der Waals surface area contributed by atoms with E-state index < -0.39 is 0 Å². The van der Waals surface area contributed by atoms with E-state index in [1.54, 1.807) is 11.3 Å². The molecule has 1 amide bonds. The van der Waals surface area contributed by atoms with Gasteiger partial charge in [0.05, 0.1) is 12.5 Å². The van der Waals surface area contributed by atoms with Gasteiger partial charge in [-0.15, -0.1) is 11.3 Å². The SMILES string of the molecule is CCN(Cc1cccs1)C(=O)[C@@H]1CNC[C@H]1C. The number of hydrogen-bond acceptors (Lipinski definition) is 3. The van der Waals surface area contributed by atoms with Crippen molar-refractivity contribution >= 4 is 17.2 Å². The second-order valence-corrected chi connectivity index (χ2v) is 5.71. The monoisotopic (exact) mass is 252 g/mol. The van der Waals surface area contributed by atoms with Gasteiger partial charge in [-0.25, -0.2) is 0 Å². The van der Waals surface area contributed by atoms with Crippen LogP contribution in [-0.2, 0) is 11.3 Å². The summed E-state index contributed by atoms with van der Waals surface area (Å²) < 4.78 is 0. The van der Waals surface area contributed by atoms with E-state index in [0.29, 0.717) is 11.8 Å². The zero-order valence-corrected chi connectivity index (χ0v) is 11.3. The third kappa shape index (κ3) is 2.87. The van der Waals surface area contributed by atoms with Gasteiger partial charge in [-0.2, -0.15) is 0 Å². The zero-order valence-electron chi connectivity index (χ0n) is 10.5. The molecular weight excluding hydrogens is 232 g/mol. The molecule has 2 rings (SSSR count). The third-order valence-corrected chi connectivity index (χ3v) is 4.32. The normalized spacial score (nSPS) is 23.9. The van der Waals surface area contributed by atoms with E-state index in [4.69, 9.17) is 0 Å². The van der Waals surface area contributed by atoms with Gasteiger partial charge in [0.15, 0.2) is 0 Å². The highest BCUT2D eigenvalue weighted by Crippen LogP contribution is 2.20. The molecule has 0 spiro atoms. The molecule has 4 heteroatoms. The van der Waals surface area contributed by atoms with Gasteiger partial charge in [0.2, 0.25) is 5.91 Å². The molecule has 1 aromatic rings. The van der Waals surface area contributed by atoms with Crippen molar-refractivity contribution in [2.24, 2.45) is 11.8 Å². The number of carbonyl (C=O) groups is 1. The average Bonchev–Trinajstić information content (AvgIpc) is 2.96. The number of thiophene rings is 1. The van der Waals surface area contributed by atoms with E-state index in [9.17, 15) is 4.79 Å². The maximum atomic E-state index is 12.4. The Balaban J connectivity index is 2.00. The second kappa shape index (κ2) is 5.65. The minimum absolute atomic E-state index is 0.162. The lowest BCUT2D eigenvalue weighted by atomic mass is 9.96. The van der Waals surface area contributed by atoms with Crippen molar-refractivity contribution in [3.05, 3.63) is 22.4 Å². The first-order chi connectivity index (χ1) is 8.22. The fourth-order valence-electron chi connectivity index (χ4n) is 2.31. The maximum absolute atomic E-state index is 12.4. The van der Waals surface area contributed by atoms with E-state index in [1.165, 1.54) is 4.88 Å². The van der Waals surface area contributed by atoms with Crippen molar-refractivity contribution in [3.63, 3.8) is 0 Å². The Kier molecular flexibility index (Phi) is 4.18. The lowest BCUT2D eigenvalue weighted by Crippen LogP contribution is -2.38. The summed E-state index contributed by atoms with van der Waals surface area (Å²) in [6, 6.07) is 4.13. The molecule has 0 saturated carbocycles. The molecule has 1 aliphatic rings. The summed E-state index contributed by atoms with van der Waals surface area (Å²) in [6.07, 6.45) is 0. The summed E-state index contributed by atoms with van der Waals surface area (Å²) in [5.74, 6) is 0.924. The summed E-state index contributed by atoms with van der Waals surface area (Å²) in [4.78, 5) is 15.6. The Morgan fingerprint density at radius 3 is 2.94 bits per heavy atom. The smallest absolute Gasteiger partial charge is 0.227 e. The Bertz CT molecular complexity index is 364. The van der Waals surface area contributed by atoms with Gasteiger partial charge < -0.3 is 10.2 Å². The predicted octanol–water partition coefficient (Wildman–Crippen LogP) is 1.95. The number of amides is 1. The van der Waals surface area contributed by atoms with E-state index in [2.05, 4.69) is 30.6 Å². The summed E-state index contributed by atoms with van der Waals surface area (Å²) in [5.41, 5.74) is 0. The molecule has 0 aliphatic carbocycles. The van der Waals surface area contributed by atoms with Crippen LogP contribution < -0.4 is 5.32 Å². The van der Waals surface area contributed by atoms with Crippen LogP contribution >= 0.6 is 11.3 Å². The molecule has 0 radical (unpaired) electrons. The maximum Gasteiger partial charge on any atom is 0.227 e. The fraction of sp³-hybridized carbons (Fsp3) is 0.615. The standard InChI is InChI=1S/C13H20N2OS/c1-3-15(9-11-5-4-6-17-11)13(16)12-8-14-7-10(12)2/h4-6,10,12,14H,3,7-9H2,1-2H3/t10-,12-/m1/s1. The van der Waals surface area contributed by atoms with Crippen molar-refractivity contribution in [2.45, 2.75) is 20.4 Å². The summed E-state index contributed by atoms with van der Waals surface area (Å²) in [5, 5.41) is 5.36. The van der Waals surface area contributed by atoms with Crippen molar-refractivity contribution in [1.82, 2.24) is 10.2 Å². The zero-order chi connectivity index (χ0) is 12.3. The van der Waals surface area contributed by atoms with Gasteiger partial charge in [-0.1, -0.05) is 13.0 Å². The van der Waals surface area contributed by atoms with Crippen molar-refractivity contribution in [2.75, 3.05) is 19.6 Å². The lowest BCUT2D eigenvalue weighted by Gasteiger charge is -2.25. The van der Waals surface area contributed by atoms with E-state index in [0.717, 1.165) is 26.2 Å². The van der Waals surface area contributed by atoms with Crippen molar-refractivity contribution < 1.29 is 4.79 Å². The molecule has 1 fully saturated rings. The molecule has 3 nitrogen and oxygen atoms in total. The molecule has 1 aliphatic heterocycles. The Morgan fingerprint density at radius 1 is 1.59 bits per heavy atom. The topological polar surface area (TPSA) is 32.3 Å². The van der Waals surface area contributed by atoms with Crippen molar-refractivity contribution in [1.29, 1.82) is 0 Å². The number of carbonyl (C=O) groups excluding carboxylic acids is 1. The first kappa shape index (κ1) is 12.6. The van der Waals surface area contributed by atoms with Crippen LogP contribution in [0.2, 0.25) is 0 Å². The molecular formula is C13H20N2OS. The number of nitrogens with zero attached hydrogens (tertiary/aromatic N) is 1. The van der Waals surface area contributed by atoms with Crippen LogP contribution in [0.4, 0.5) is 0 Å². The van der Waals surface area contributed by atoms with Crippen LogP contribution in [0.5, 0.6) is 0 Å². The Morgan fingerprint density at radius 2 is 2.41 bits per heavy atom. The molecule has 0 aromatic carbocycles. The van der Waals surface area contributed by atoms with Gasteiger partial charge in [0, 0.05) is 18.0 Å². The van der Waals surface area contributed by atoms with Gasteiger partial charge in [-0.05, 0) is 30.8 Å². The molecule has 94 valence electrons. The van der Waals surface area contributed by atoms with Crippen LogP contribution in [0.15, 0.2) is 17.5 Å². The van der Waals surface area contributed by atoms with Crippen LogP contribution in [0.3, 0.4) is 0 Å². The van der Waals surface area contributed by atoms with Gasteiger partial charge in [0.25, 0.3) is 0 Å². The van der Waals surface area contributed by atoms with Crippen molar-refractivity contribution in [3.8, 4) is 0 Å². The molecule has 1 saturated heterocycles. The van der Waals surface area contributed by atoms with Crippen LogP contribution in [0.25, 0.3) is 0 Å². The molecule has 1 N–H and O–H groups in total. The average molecular weight is 252 g/mol. The van der Waals surface area contributed by atoms with Crippen LogP contribution in [-0.4, -0.2) is 30.4 Å². The molecule has 2 heterocycles. The van der Waals surface area contributed by atoms with Gasteiger partial charge >= 0.3 is 0 Å². The summed E-state index contributed by atoms with van der Waals surface area (Å²) in [6.45, 7) is 7.56. The first-order valence-corrected chi connectivity index (χ1v) is 7.12. The highest BCUT2D eigenvalue weighted by atomic mass is 32.1. The molecule has 0 unspecified atom stereocenters. The highest BCUT2D eigenvalue weighted by Gasteiger charge is 2.32. The summed E-state index contributed by atoms with van der Waals surface area (Å²) >= 11 is 1.72. The van der Waals surface area contributed by atoms with E-state index >= 15 is 0 Å². The van der Waals surface area contributed by atoms with Gasteiger partial charge in [-0.3, -0.25) is 4.79 Å². The number of hydrogen-bond donors (Lipinski definition) is 1. The summed E-state index contributed by atoms with van der Waals surface area (Å²) in [7, 11) is 0. The molecule has 2 atom stereocenters. The predicted molar refractivity (Wildman–Crippen MR) is 70.9 cm³/mol.